The molecule has 3 unspecified atom stereocenters. The third kappa shape index (κ3) is 3.96. The highest BCUT2D eigenvalue weighted by Crippen LogP contribution is 2.44. The lowest BCUT2D eigenvalue weighted by Crippen LogP contribution is -2.26. The van der Waals surface area contributed by atoms with E-state index < -0.39 is 5.97 Å². The summed E-state index contributed by atoms with van der Waals surface area (Å²) < 4.78 is 5.14. The standard InChI is InChI=1S/C19H26O2/c1-5-19(20)21-16-9-7-15(8-10-16)18-12-14(4)6-11-17(18)13(2)3/h5,7-10,13-14,17-18H,1,6,11-12H2,2-4H3. The van der Waals surface area contributed by atoms with Crippen LogP contribution in [0.15, 0.2) is 36.9 Å². The lowest BCUT2D eigenvalue weighted by molar-refractivity contribution is -0.128. The quantitative estimate of drug-likeness (QED) is 0.444. The van der Waals surface area contributed by atoms with Gasteiger partial charge in [-0.1, -0.05) is 45.9 Å². The van der Waals surface area contributed by atoms with Crippen molar-refractivity contribution in [3.05, 3.63) is 42.5 Å². The van der Waals surface area contributed by atoms with Gasteiger partial charge in [0.25, 0.3) is 0 Å². The Morgan fingerprint density at radius 1 is 1.29 bits per heavy atom. The number of carbonyl (C=O) groups is 1. The molecule has 0 radical (unpaired) electrons. The van der Waals surface area contributed by atoms with E-state index in [1.807, 2.05) is 12.1 Å². The average molecular weight is 286 g/mol. The van der Waals surface area contributed by atoms with Crippen molar-refractivity contribution in [1.82, 2.24) is 0 Å². The molecule has 1 saturated carbocycles. The Morgan fingerprint density at radius 2 is 1.95 bits per heavy atom. The molecule has 2 nitrogen and oxygen atoms in total. The van der Waals surface area contributed by atoms with Gasteiger partial charge in [-0.2, -0.15) is 0 Å². The molecule has 1 aromatic rings. The van der Waals surface area contributed by atoms with Crippen LogP contribution in [0.3, 0.4) is 0 Å². The molecule has 21 heavy (non-hydrogen) atoms. The van der Waals surface area contributed by atoms with Crippen molar-refractivity contribution >= 4 is 5.97 Å². The zero-order valence-corrected chi connectivity index (χ0v) is 13.3. The van der Waals surface area contributed by atoms with E-state index in [1.165, 1.54) is 30.9 Å². The normalized spacial score (nSPS) is 25.6. The Bertz CT molecular complexity index is 487. The SMILES string of the molecule is C=CC(=O)Oc1ccc(C2CC(C)CCC2C(C)C)cc1. The number of benzene rings is 1. The van der Waals surface area contributed by atoms with E-state index in [0.29, 0.717) is 17.6 Å². The van der Waals surface area contributed by atoms with Crippen LogP contribution in [0.4, 0.5) is 0 Å². The smallest absolute Gasteiger partial charge is 0.335 e. The van der Waals surface area contributed by atoms with E-state index in [-0.39, 0.29) is 0 Å². The monoisotopic (exact) mass is 286 g/mol. The fourth-order valence-corrected chi connectivity index (χ4v) is 3.53. The van der Waals surface area contributed by atoms with Crippen LogP contribution in [-0.2, 0) is 4.79 Å². The van der Waals surface area contributed by atoms with Gasteiger partial charge < -0.3 is 4.74 Å². The number of hydrogen-bond donors (Lipinski definition) is 0. The maximum absolute atomic E-state index is 11.2. The Hall–Kier alpha value is -1.57. The highest BCUT2D eigenvalue weighted by molar-refractivity contribution is 5.83. The molecule has 1 fully saturated rings. The van der Waals surface area contributed by atoms with Crippen LogP contribution >= 0.6 is 0 Å². The van der Waals surface area contributed by atoms with Gasteiger partial charge >= 0.3 is 5.97 Å². The number of esters is 1. The van der Waals surface area contributed by atoms with Gasteiger partial charge in [0, 0.05) is 6.08 Å². The molecular weight excluding hydrogens is 260 g/mol. The minimum Gasteiger partial charge on any atom is -0.423 e. The molecule has 0 aromatic heterocycles. The second-order valence-corrected chi connectivity index (χ2v) is 6.63. The van der Waals surface area contributed by atoms with Gasteiger partial charge in [-0.25, -0.2) is 4.79 Å². The van der Waals surface area contributed by atoms with Crippen LogP contribution in [0.1, 0.15) is 51.5 Å². The molecule has 0 saturated heterocycles. The van der Waals surface area contributed by atoms with Crippen molar-refractivity contribution < 1.29 is 9.53 Å². The molecule has 0 amide bonds. The van der Waals surface area contributed by atoms with Crippen molar-refractivity contribution in [3.8, 4) is 5.75 Å². The zero-order chi connectivity index (χ0) is 15.4. The van der Waals surface area contributed by atoms with E-state index in [9.17, 15) is 4.79 Å². The molecule has 0 bridgehead atoms. The van der Waals surface area contributed by atoms with E-state index >= 15 is 0 Å². The molecule has 2 heteroatoms. The topological polar surface area (TPSA) is 26.3 Å². The van der Waals surface area contributed by atoms with E-state index in [1.54, 1.807) is 0 Å². The Labute approximate surface area is 128 Å². The summed E-state index contributed by atoms with van der Waals surface area (Å²) in [4.78, 5) is 11.2. The van der Waals surface area contributed by atoms with Crippen molar-refractivity contribution in [3.63, 3.8) is 0 Å². The Morgan fingerprint density at radius 3 is 2.52 bits per heavy atom. The fraction of sp³-hybridized carbons (Fsp3) is 0.526. The van der Waals surface area contributed by atoms with Gasteiger partial charge in [-0.15, -0.1) is 0 Å². The summed E-state index contributed by atoms with van der Waals surface area (Å²) in [7, 11) is 0. The van der Waals surface area contributed by atoms with Crippen LogP contribution in [-0.4, -0.2) is 5.97 Å². The summed E-state index contributed by atoms with van der Waals surface area (Å²) in [6, 6.07) is 8.02. The largest absolute Gasteiger partial charge is 0.423 e. The number of hydrogen-bond acceptors (Lipinski definition) is 2. The highest BCUT2D eigenvalue weighted by atomic mass is 16.5. The molecule has 0 N–H and O–H groups in total. The van der Waals surface area contributed by atoms with Gasteiger partial charge in [0.2, 0.25) is 0 Å². The highest BCUT2D eigenvalue weighted by Gasteiger charge is 2.31. The second kappa shape index (κ2) is 6.93. The van der Waals surface area contributed by atoms with Gasteiger partial charge in [0.1, 0.15) is 5.75 Å². The molecule has 114 valence electrons. The molecule has 1 aliphatic carbocycles. The maximum atomic E-state index is 11.2. The Kier molecular flexibility index (Phi) is 5.22. The summed E-state index contributed by atoms with van der Waals surface area (Å²) in [6.45, 7) is 10.4. The second-order valence-electron chi connectivity index (χ2n) is 6.63. The predicted molar refractivity (Wildman–Crippen MR) is 86.4 cm³/mol. The van der Waals surface area contributed by atoms with Crippen LogP contribution in [0.25, 0.3) is 0 Å². The molecular formula is C19H26O2. The summed E-state index contributed by atoms with van der Waals surface area (Å²) in [5, 5.41) is 0. The lowest BCUT2D eigenvalue weighted by atomic mass is 9.67. The number of carbonyl (C=O) groups excluding carboxylic acids is 1. The first-order valence-electron chi connectivity index (χ1n) is 7.95. The van der Waals surface area contributed by atoms with Crippen LogP contribution < -0.4 is 4.74 Å². The number of ether oxygens (including phenoxy) is 1. The predicted octanol–water partition coefficient (Wildman–Crippen LogP) is 4.95. The zero-order valence-electron chi connectivity index (χ0n) is 13.3. The molecule has 3 atom stereocenters. The van der Waals surface area contributed by atoms with Gasteiger partial charge in [-0.3, -0.25) is 0 Å². The van der Waals surface area contributed by atoms with E-state index in [4.69, 9.17) is 4.74 Å². The summed E-state index contributed by atoms with van der Waals surface area (Å²) in [5.74, 6) is 3.06. The van der Waals surface area contributed by atoms with Gasteiger partial charge in [0.15, 0.2) is 0 Å². The Balaban J connectivity index is 2.15. The fourth-order valence-electron chi connectivity index (χ4n) is 3.53. The summed E-state index contributed by atoms with van der Waals surface area (Å²) in [6.07, 6.45) is 5.10. The maximum Gasteiger partial charge on any atom is 0.335 e. The third-order valence-electron chi connectivity index (χ3n) is 4.72. The number of rotatable bonds is 4. The van der Waals surface area contributed by atoms with Crippen molar-refractivity contribution in [2.45, 2.75) is 46.0 Å². The van der Waals surface area contributed by atoms with Gasteiger partial charge in [0.05, 0.1) is 0 Å². The molecule has 1 aromatic carbocycles. The summed E-state index contributed by atoms with van der Waals surface area (Å²) >= 11 is 0. The van der Waals surface area contributed by atoms with Crippen molar-refractivity contribution in [1.29, 1.82) is 0 Å². The van der Waals surface area contributed by atoms with Crippen LogP contribution in [0.2, 0.25) is 0 Å². The minimum absolute atomic E-state index is 0.408. The van der Waals surface area contributed by atoms with Crippen molar-refractivity contribution in [2.75, 3.05) is 0 Å². The first kappa shape index (κ1) is 15.8. The molecule has 0 spiro atoms. The lowest BCUT2D eigenvalue weighted by Gasteiger charge is -2.37. The average Bonchev–Trinajstić information content (AvgIpc) is 2.47. The molecule has 0 aliphatic heterocycles. The van der Waals surface area contributed by atoms with Crippen LogP contribution in [0, 0.1) is 17.8 Å². The first-order valence-corrected chi connectivity index (χ1v) is 7.95. The third-order valence-corrected chi connectivity index (χ3v) is 4.72. The van der Waals surface area contributed by atoms with E-state index in [0.717, 1.165) is 11.8 Å². The van der Waals surface area contributed by atoms with Crippen LogP contribution in [0.5, 0.6) is 5.75 Å². The van der Waals surface area contributed by atoms with Crippen molar-refractivity contribution in [2.24, 2.45) is 17.8 Å². The molecule has 2 rings (SSSR count). The molecule has 1 aliphatic rings. The minimum atomic E-state index is -0.408. The van der Waals surface area contributed by atoms with E-state index in [2.05, 4.69) is 39.5 Å². The summed E-state index contributed by atoms with van der Waals surface area (Å²) in [5.41, 5.74) is 1.37. The molecule has 0 heterocycles. The van der Waals surface area contributed by atoms with Gasteiger partial charge in [-0.05, 0) is 54.2 Å². The first-order chi connectivity index (χ1) is 10.0.